The van der Waals surface area contributed by atoms with Gasteiger partial charge in [0.25, 0.3) is 0 Å². The second kappa shape index (κ2) is 9.94. The first-order valence-corrected chi connectivity index (χ1v) is 8.72. The highest BCUT2D eigenvalue weighted by molar-refractivity contribution is 6.42. The maximum absolute atomic E-state index is 12.0. The molecule has 0 unspecified atom stereocenters. The number of benzene rings is 2. The van der Waals surface area contributed by atoms with Crippen molar-refractivity contribution < 1.29 is 23.9 Å². The lowest BCUT2D eigenvalue weighted by Gasteiger charge is -2.07. The van der Waals surface area contributed by atoms with Crippen LogP contribution in [0.25, 0.3) is 0 Å². The summed E-state index contributed by atoms with van der Waals surface area (Å²) in [5, 5.41) is 3.22. The molecule has 0 bridgehead atoms. The summed E-state index contributed by atoms with van der Waals surface area (Å²) in [6.07, 6.45) is -0.206. The zero-order valence-corrected chi connectivity index (χ0v) is 16.0. The molecule has 2 rings (SSSR count). The Hall–Kier alpha value is -2.57. The molecule has 0 saturated heterocycles. The van der Waals surface area contributed by atoms with Crippen LogP contribution in [0.4, 0.5) is 5.69 Å². The van der Waals surface area contributed by atoms with Crippen LogP contribution in [0.15, 0.2) is 42.5 Å². The highest BCUT2D eigenvalue weighted by atomic mass is 35.5. The zero-order valence-electron chi connectivity index (χ0n) is 14.5. The van der Waals surface area contributed by atoms with Gasteiger partial charge in [0.15, 0.2) is 12.4 Å². The average Bonchev–Trinajstić information content (AvgIpc) is 2.67. The van der Waals surface area contributed by atoms with Crippen LogP contribution in [-0.4, -0.2) is 31.4 Å². The number of ether oxygens (including phenoxy) is 2. The van der Waals surface area contributed by atoms with Gasteiger partial charge in [-0.15, -0.1) is 0 Å². The Balaban J connectivity index is 1.74. The molecule has 2 aromatic rings. The van der Waals surface area contributed by atoms with E-state index in [0.29, 0.717) is 16.5 Å². The van der Waals surface area contributed by atoms with Gasteiger partial charge in [0.05, 0.1) is 23.6 Å². The van der Waals surface area contributed by atoms with Crippen LogP contribution >= 0.6 is 23.2 Å². The number of esters is 1. The van der Waals surface area contributed by atoms with Crippen LogP contribution in [0.3, 0.4) is 0 Å². The Morgan fingerprint density at radius 2 is 1.67 bits per heavy atom. The van der Waals surface area contributed by atoms with Gasteiger partial charge in [-0.25, -0.2) is 0 Å². The van der Waals surface area contributed by atoms with Gasteiger partial charge in [-0.3, -0.25) is 14.4 Å². The van der Waals surface area contributed by atoms with E-state index < -0.39 is 18.4 Å². The van der Waals surface area contributed by atoms with Gasteiger partial charge in [0, 0.05) is 17.7 Å². The average molecular weight is 410 g/mol. The van der Waals surface area contributed by atoms with E-state index in [2.05, 4.69) is 5.32 Å². The van der Waals surface area contributed by atoms with Crippen molar-refractivity contribution in [2.75, 3.05) is 19.0 Å². The van der Waals surface area contributed by atoms with Crippen molar-refractivity contribution in [2.24, 2.45) is 0 Å². The summed E-state index contributed by atoms with van der Waals surface area (Å²) < 4.78 is 9.93. The van der Waals surface area contributed by atoms with Crippen molar-refractivity contribution in [3.63, 3.8) is 0 Å². The van der Waals surface area contributed by atoms with Gasteiger partial charge in [0.1, 0.15) is 5.75 Å². The second-order valence-corrected chi connectivity index (χ2v) is 6.30. The molecule has 0 aliphatic heterocycles. The number of amides is 1. The van der Waals surface area contributed by atoms with Crippen molar-refractivity contribution in [2.45, 2.75) is 12.8 Å². The summed E-state index contributed by atoms with van der Waals surface area (Å²) in [4.78, 5) is 35.6. The van der Waals surface area contributed by atoms with Crippen molar-refractivity contribution >= 4 is 46.5 Å². The molecule has 142 valence electrons. The molecule has 0 spiro atoms. The molecule has 0 aromatic heterocycles. The Morgan fingerprint density at radius 3 is 2.30 bits per heavy atom. The number of rotatable bonds is 8. The van der Waals surface area contributed by atoms with Gasteiger partial charge < -0.3 is 14.8 Å². The van der Waals surface area contributed by atoms with Crippen LogP contribution in [0.1, 0.15) is 23.2 Å². The molecule has 0 saturated carbocycles. The minimum atomic E-state index is -0.645. The monoisotopic (exact) mass is 409 g/mol. The fourth-order valence-corrected chi connectivity index (χ4v) is 2.38. The molecule has 6 nitrogen and oxygen atoms in total. The number of carbonyl (C=O) groups excluding carboxylic acids is 3. The first-order valence-electron chi connectivity index (χ1n) is 7.97. The molecule has 0 radical (unpaired) electrons. The number of Topliss-reactive ketones (excluding diaryl/α,β-unsaturated/α-hetero) is 1. The Morgan fingerprint density at radius 1 is 0.963 bits per heavy atom. The van der Waals surface area contributed by atoms with E-state index in [0.717, 1.165) is 0 Å². The number of ketones is 1. The standard InChI is InChI=1S/C19H17Cl2NO5/c1-26-14-5-3-13(4-6-14)22-18(24)8-9-19(25)27-11-17(23)12-2-7-15(20)16(21)10-12/h2-7,10H,8-9,11H2,1H3,(H,22,24). The van der Waals surface area contributed by atoms with E-state index in [9.17, 15) is 14.4 Å². The van der Waals surface area contributed by atoms with Crippen molar-refractivity contribution in [3.8, 4) is 5.75 Å². The first kappa shape index (κ1) is 20.7. The van der Waals surface area contributed by atoms with Crippen LogP contribution in [-0.2, 0) is 14.3 Å². The Kier molecular flexibility index (Phi) is 7.64. The molecule has 0 heterocycles. The third-order valence-electron chi connectivity index (χ3n) is 3.54. The first-order chi connectivity index (χ1) is 12.9. The molecule has 1 amide bonds. The quantitative estimate of drug-likeness (QED) is 0.523. The van der Waals surface area contributed by atoms with Crippen molar-refractivity contribution in [1.29, 1.82) is 0 Å². The molecule has 0 fully saturated rings. The molecule has 2 aromatic carbocycles. The Bertz CT molecular complexity index is 836. The Labute approximate surface area is 166 Å². The molecule has 27 heavy (non-hydrogen) atoms. The lowest BCUT2D eigenvalue weighted by atomic mass is 10.1. The number of hydrogen-bond acceptors (Lipinski definition) is 5. The highest BCUT2D eigenvalue weighted by Gasteiger charge is 2.13. The summed E-state index contributed by atoms with van der Waals surface area (Å²) in [5.41, 5.74) is 0.874. The van der Waals surface area contributed by atoms with E-state index in [-0.39, 0.29) is 29.3 Å². The predicted molar refractivity (Wildman–Crippen MR) is 103 cm³/mol. The van der Waals surface area contributed by atoms with Crippen molar-refractivity contribution in [1.82, 2.24) is 0 Å². The summed E-state index contributed by atoms with van der Waals surface area (Å²) in [6, 6.07) is 11.2. The van der Waals surface area contributed by atoms with E-state index in [4.69, 9.17) is 32.7 Å². The van der Waals surface area contributed by atoms with Gasteiger partial charge in [-0.2, -0.15) is 0 Å². The normalized spacial score (nSPS) is 10.2. The summed E-state index contributed by atoms with van der Waals surface area (Å²) >= 11 is 11.6. The third kappa shape index (κ3) is 6.58. The number of hydrogen-bond donors (Lipinski definition) is 1. The van der Waals surface area contributed by atoms with E-state index in [1.54, 1.807) is 31.4 Å². The van der Waals surface area contributed by atoms with Gasteiger partial charge in [-0.05, 0) is 42.5 Å². The minimum absolute atomic E-state index is 0.0637. The smallest absolute Gasteiger partial charge is 0.306 e. The number of carbonyl (C=O) groups is 3. The number of methoxy groups -OCH3 is 1. The molecule has 0 aliphatic carbocycles. The van der Waals surface area contributed by atoms with Gasteiger partial charge in [0.2, 0.25) is 5.91 Å². The van der Waals surface area contributed by atoms with Crippen molar-refractivity contribution in [3.05, 3.63) is 58.1 Å². The number of anilines is 1. The summed E-state index contributed by atoms with van der Waals surface area (Å²) in [7, 11) is 1.55. The lowest BCUT2D eigenvalue weighted by Crippen LogP contribution is -2.17. The van der Waals surface area contributed by atoms with E-state index in [1.807, 2.05) is 0 Å². The maximum atomic E-state index is 12.0. The fraction of sp³-hybridized carbons (Fsp3) is 0.211. The lowest BCUT2D eigenvalue weighted by molar-refractivity contribution is -0.143. The van der Waals surface area contributed by atoms with Crippen LogP contribution in [0.2, 0.25) is 10.0 Å². The van der Waals surface area contributed by atoms with E-state index in [1.165, 1.54) is 18.2 Å². The number of nitrogens with one attached hydrogen (secondary N) is 1. The fourth-order valence-electron chi connectivity index (χ4n) is 2.08. The van der Waals surface area contributed by atoms with Crippen LogP contribution < -0.4 is 10.1 Å². The molecule has 1 N–H and O–H groups in total. The molecular formula is C19H17Cl2NO5. The summed E-state index contributed by atoms with van der Waals surface area (Å²) in [6.45, 7) is -0.434. The van der Waals surface area contributed by atoms with Crippen LogP contribution in [0, 0.1) is 0 Å². The SMILES string of the molecule is COc1ccc(NC(=O)CCC(=O)OCC(=O)c2ccc(Cl)c(Cl)c2)cc1. The summed E-state index contributed by atoms with van der Waals surface area (Å²) in [5.74, 6) is -0.728. The van der Waals surface area contributed by atoms with E-state index >= 15 is 0 Å². The maximum Gasteiger partial charge on any atom is 0.306 e. The number of halogens is 2. The molecular weight excluding hydrogens is 393 g/mol. The van der Waals surface area contributed by atoms with Gasteiger partial charge in [-0.1, -0.05) is 23.2 Å². The zero-order chi connectivity index (χ0) is 19.8. The molecule has 8 heteroatoms. The molecule has 0 atom stereocenters. The minimum Gasteiger partial charge on any atom is -0.497 e. The van der Waals surface area contributed by atoms with Crippen LogP contribution in [0.5, 0.6) is 5.75 Å². The van der Waals surface area contributed by atoms with Gasteiger partial charge >= 0.3 is 5.97 Å². The largest absolute Gasteiger partial charge is 0.497 e. The second-order valence-electron chi connectivity index (χ2n) is 5.49. The predicted octanol–water partition coefficient (Wildman–Crippen LogP) is 4.15. The molecule has 0 aliphatic rings. The topological polar surface area (TPSA) is 81.7 Å². The highest BCUT2D eigenvalue weighted by Crippen LogP contribution is 2.22. The third-order valence-corrected chi connectivity index (χ3v) is 4.27.